The number of methoxy groups -OCH3 is 1. The van der Waals surface area contributed by atoms with Crippen molar-refractivity contribution in [1.82, 2.24) is 4.72 Å². The molecule has 0 fully saturated rings. The normalized spacial score (nSPS) is 16.1. The monoisotopic (exact) mass is 392 g/mol. The summed E-state index contributed by atoms with van der Waals surface area (Å²) in [5.41, 5.74) is 0.329. The number of hydrogen-bond acceptors (Lipinski definition) is 6. The van der Waals surface area contributed by atoms with Crippen LogP contribution in [0.15, 0.2) is 47.4 Å². The summed E-state index contributed by atoms with van der Waals surface area (Å²) in [6, 6.07) is 11.3. The van der Waals surface area contributed by atoms with Crippen LogP contribution in [-0.4, -0.2) is 40.7 Å². The lowest BCUT2D eigenvalue weighted by atomic mass is 10.2. The SMILES string of the molecule is COc1ccc(OCCNS(=O)(=O)c2ccc3c(c2)NC(=O)C(C)O3)cc1. The third-order valence-corrected chi connectivity index (χ3v) is 5.37. The van der Waals surface area contributed by atoms with Gasteiger partial charge in [0, 0.05) is 6.54 Å². The Hall–Kier alpha value is -2.78. The van der Waals surface area contributed by atoms with Gasteiger partial charge in [-0.25, -0.2) is 13.1 Å². The lowest BCUT2D eigenvalue weighted by Crippen LogP contribution is -2.34. The number of ether oxygens (including phenoxy) is 3. The van der Waals surface area contributed by atoms with Crippen LogP contribution in [0, 0.1) is 0 Å². The molecule has 8 nitrogen and oxygen atoms in total. The molecule has 1 aliphatic heterocycles. The largest absolute Gasteiger partial charge is 0.497 e. The quantitative estimate of drug-likeness (QED) is 0.696. The van der Waals surface area contributed by atoms with Gasteiger partial charge in [-0.05, 0) is 49.4 Å². The fourth-order valence-electron chi connectivity index (χ4n) is 2.46. The zero-order chi connectivity index (χ0) is 19.4. The minimum atomic E-state index is -3.75. The van der Waals surface area contributed by atoms with E-state index in [4.69, 9.17) is 14.2 Å². The molecule has 0 aliphatic carbocycles. The Morgan fingerprint density at radius 3 is 2.56 bits per heavy atom. The van der Waals surface area contributed by atoms with Crippen LogP contribution in [0.5, 0.6) is 17.2 Å². The summed E-state index contributed by atoms with van der Waals surface area (Å²) in [4.78, 5) is 11.7. The molecule has 2 N–H and O–H groups in total. The van der Waals surface area contributed by atoms with Gasteiger partial charge in [0.2, 0.25) is 10.0 Å². The van der Waals surface area contributed by atoms with Gasteiger partial charge in [-0.2, -0.15) is 0 Å². The number of benzene rings is 2. The molecular formula is C18H20N2O6S. The molecule has 0 bridgehead atoms. The van der Waals surface area contributed by atoms with E-state index in [-0.39, 0.29) is 24.0 Å². The highest BCUT2D eigenvalue weighted by Gasteiger charge is 2.25. The lowest BCUT2D eigenvalue weighted by Gasteiger charge is -2.23. The highest BCUT2D eigenvalue weighted by Crippen LogP contribution is 2.31. The maximum atomic E-state index is 12.4. The molecule has 1 amide bonds. The first-order chi connectivity index (χ1) is 12.9. The Morgan fingerprint density at radius 1 is 1.15 bits per heavy atom. The van der Waals surface area contributed by atoms with Gasteiger partial charge in [0.25, 0.3) is 5.91 Å². The van der Waals surface area contributed by atoms with Gasteiger partial charge in [-0.3, -0.25) is 4.79 Å². The van der Waals surface area contributed by atoms with Crippen LogP contribution in [0.3, 0.4) is 0 Å². The Kier molecular flexibility index (Phi) is 5.52. The molecule has 0 aromatic heterocycles. The second-order valence-electron chi connectivity index (χ2n) is 5.83. The van der Waals surface area contributed by atoms with E-state index >= 15 is 0 Å². The van der Waals surface area contributed by atoms with Gasteiger partial charge < -0.3 is 19.5 Å². The molecular weight excluding hydrogens is 372 g/mol. The van der Waals surface area contributed by atoms with E-state index in [0.717, 1.165) is 0 Å². The summed E-state index contributed by atoms with van der Waals surface area (Å²) in [7, 11) is -2.17. The van der Waals surface area contributed by atoms with Gasteiger partial charge in [-0.1, -0.05) is 0 Å². The van der Waals surface area contributed by atoms with Crippen molar-refractivity contribution in [1.29, 1.82) is 0 Å². The second-order valence-corrected chi connectivity index (χ2v) is 7.60. The standard InChI is InChI=1S/C18H20N2O6S/c1-12-18(21)20-16-11-15(7-8-17(16)26-12)27(22,23)19-9-10-25-14-5-3-13(24-2)4-6-14/h3-8,11-12,19H,9-10H2,1-2H3,(H,20,21). The molecule has 2 aromatic carbocycles. The predicted octanol–water partition coefficient (Wildman–Crippen LogP) is 1.77. The Morgan fingerprint density at radius 2 is 1.85 bits per heavy atom. The molecule has 0 radical (unpaired) electrons. The molecule has 0 spiro atoms. The maximum Gasteiger partial charge on any atom is 0.265 e. The number of amides is 1. The zero-order valence-corrected chi connectivity index (χ0v) is 15.7. The van der Waals surface area contributed by atoms with Crippen LogP contribution in [0.2, 0.25) is 0 Å². The fourth-order valence-corrected chi connectivity index (χ4v) is 3.49. The van der Waals surface area contributed by atoms with Crippen LogP contribution < -0.4 is 24.2 Å². The molecule has 1 aliphatic rings. The number of hydrogen-bond donors (Lipinski definition) is 2. The minimum Gasteiger partial charge on any atom is -0.497 e. The number of carbonyl (C=O) groups is 1. The summed E-state index contributed by atoms with van der Waals surface area (Å²) in [5.74, 6) is 1.43. The van der Waals surface area contributed by atoms with E-state index in [1.54, 1.807) is 38.3 Å². The molecule has 9 heteroatoms. The highest BCUT2D eigenvalue weighted by atomic mass is 32.2. The van der Waals surface area contributed by atoms with Gasteiger partial charge in [0.05, 0.1) is 17.7 Å². The number of fused-ring (bicyclic) bond motifs is 1. The molecule has 1 atom stereocenters. The Bertz CT molecular complexity index is 927. The van der Waals surface area contributed by atoms with E-state index in [0.29, 0.717) is 22.9 Å². The van der Waals surface area contributed by atoms with Crippen molar-refractivity contribution >= 4 is 21.6 Å². The fraction of sp³-hybridized carbons (Fsp3) is 0.278. The average molecular weight is 392 g/mol. The van der Waals surface area contributed by atoms with Gasteiger partial charge >= 0.3 is 0 Å². The third kappa shape index (κ3) is 4.50. The molecule has 2 aromatic rings. The van der Waals surface area contributed by atoms with Crippen molar-refractivity contribution in [2.45, 2.75) is 17.9 Å². The Labute approximate surface area is 157 Å². The van der Waals surface area contributed by atoms with Gasteiger partial charge in [-0.15, -0.1) is 0 Å². The molecule has 1 heterocycles. The van der Waals surface area contributed by atoms with Gasteiger partial charge in [0.1, 0.15) is 23.9 Å². The van der Waals surface area contributed by atoms with Crippen LogP contribution in [-0.2, 0) is 14.8 Å². The number of sulfonamides is 1. The molecule has 0 saturated heterocycles. The van der Waals surface area contributed by atoms with E-state index in [1.807, 2.05) is 0 Å². The number of nitrogens with one attached hydrogen (secondary N) is 2. The van der Waals surface area contributed by atoms with Crippen LogP contribution in [0.4, 0.5) is 5.69 Å². The first-order valence-corrected chi connectivity index (χ1v) is 9.75. The average Bonchev–Trinajstić information content (AvgIpc) is 2.66. The van der Waals surface area contributed by atoms with E-state index in [2.05, 4.69) is 10.0 Å². The van der Waals surface area contributed by atoms with Crippen molar-refractivity contribution < 1.29 is 27.4 Å². The van der Waals surface area contributed by atoms with E-state index in [1.165, 1.54) is 18.2 Å². The summed E-state index contributed by atoms with van der Waals surface area (Å²) in [5, 5.41) is 2.63. The van der Waals surface area contributed by atoms with Crippen molar-refractivity contribution in [3.8, 4) is 17.2 Å². The van der Waals surface area contributed by atoms with Crippen molar-refractivity contribution in [3.05, 3.63) is 42.5 Å². The summed E-state index contributed by atoms with van der Waals surface area (Å²) in [6.45, 7) is 1.87. The van der Waals surface area contributed by atoms with Crippen molar-refractivity contribution in [2.24, 2.45) is 0 Å². The summed E-state index contributed by atoms with van der Waals surface area (Å²) < 4.78 is 43.3. The Balaban J connectivity index is 1.58. The van der Waals surface area contributed by atoms with Crippen LogP contribution >= 0.6 is 0 Å². The second kappa shape index (κ2) is 7.85. The van der Waals surface area contributed by atoms with E-state index < -0.39 is 16.1 Å². The number of carbonyl (C=O) groups excluding carboxylic acids is 1. The van der Waals surface area contributed by atoms with Crippen molar-refractivity contribution in [3.63, 3.8) is 0 Å². The highest BCUT2D eigenvalue weighted by molar-refractivity contribution is 7.89. The first-order valence-electron chi connectivity index (χ1n) is 8.27. The predicted molar refractivity (Wildman–Crippen MR) is 98.8 cm³/mol. The summed E-state index contributed by atoms with van der Waals surface area (Å²) in [6.07, 6.45) is -0.617. The van der Waals surface area contributed by atoms with E-state index in [9.17, 15) is 13.2 Å². The van der Waals surface area contributed by atoms with Crippen LogP contribution in [0.25, 0.3) is 0 Å². The third-order valence-electron chi connectivity index (χ3n) is 3.91. The maximum absolute atomic E-state index is 12.4. The van der Waals surface area contributed by atoms with Crippen molar-refractivity contribution in [2.75, 3.05) is 25.6 Å². The molecule has 0 saturated carbocycles. The van der Waals surface area contributed by atoms with Crippen LogP contribution in [0.1, 0.15) is 6.92 Å². The zero-order valence-electron chi connectivity index (χ0n) is 14.9. The molecule has 27 heavy (non-hydrogen) atoms. The first kappa shape index (κ1) is 19.0. The lowest BCUT2D eigenvalue weighted by molar-refractivity contribution is -0.122. The topological polar surface area (TPSA) is 103 Å². The number of anilines is 1. The molecule has 1 unspecified atom stereocenters. The van der Waals surface area contributed by atoms with Gasteiger partial charge in [0.15, 0.2) is 6.10 Å². The number of rotatable bonds is 7. The molecule has 3 rings (SSSR count). The smallest absolute Gasteiger partial charge is 0.265 e. The summed E-state index contributed by atoms with van der Waals surface area (Å²) >= 11 is 0. The molecule has 144 valence electrons. The minimum absolute atomic E-state index is 0.0316.